The van der Waals surface area contributed by atoms with Crippen LogP contribution in [0.5, 0.6) is 5.75 Å². The molecular formula is C26H22FN5O2. The molecule has 0 aliphatic rings. The first-order valence-electron chi connectivity index (χ1n) is 10.7. The monoisotopic (exact) mass is 455 g/mol. The van der Waals surface area contributed by atoms with Crippen LogP contribution in [0.25, 0.3) is 17.0 Å². The van der Waals surface area contributed by atoms with Crippen LogP contribution in [0.1, 0.15) is 21.6 Å². The molecule has 0 fully saturated rings. The maximum absolute atomic E-state index is 14.5. The van der Waals surface area contributed by atoms with E-state index in [1.807, 2.05) is 35.8 Å². The van der Waals surface area contributed by atoms with E-state index in [1.165, 1.54) is 6.07 Å². The third-order valence-corrected chi connectivity index (χ3v) is 5.52. The van der Waals surface area contributed by atoms with Crippen LogP contribution in [0.4, 0.5) is 10.2 Å². The lowest BCUT2D eigenvalue weighted by atomic mass is 10.2. The summed E-state index contributed by atoms with van der Waals surface area (Å²) < 4.78 is 23.2. The number of imidazole rings is 1. The number of fused-ring (bicyclic) bond motifs is 1. The Morgan fingerprint density at radius 1 is 1.03 bits per heavy atom. The molecule has 0 aliphatic heterocycles. The Bertz CT molecular complexity index is 1500. The molecule has 34 heavy (non-hydrogen) atoms. The van der Waals surface area contributed by atoms with Gasteiger partial charge in [0.1, 0.15) is 17.4 Å². The molecule has 0 saturated carbocycles. The van der Waals surface area contributed by atoms with E-state index in [9.17, 15) is 9.18 Å². The zero-order chi connectivity index (χ0) is 23.7. The summed E-state index contributed by atoms with van der Waals surface area (Å²) in [7, 11) is 1.55. The topological polar surface area (TPSA) is 74.0 Å². The Labute approximate surface area is 195 Å². The van der Waals surface area contributed by atoms with E-state index in [-0.39, 0.29) is 18.3 Å². The van der Waals surface area contributed by atoms with Crippen molar-refractivity contribution in [3.05, 3.63) is 102 Å². The number of rotatable bonds is 6. The summed E-state index contributed by atoms with van der Waals surface area (Å²) in [5, 5.41) is 7.50. The fraction of sp³-hybridized carbons (Fsp3) is 0.115. The van der Waals surface area contributed by atoms with Gasteiger partial charge in [-0.2, -0.15) is 9.78 Å². The smallest absolute Gasteiger partial charge is 0.256 e. The Morgan fingerprint density at radius 3 is 2.65 bits per heavy atom. The summed E-state index contributed by atoms with van der Waals surface area (Å²) >= 11 is 0. The second-order valence-electron chi connectivity index (χ2n) is 7.85. The lowest BCUT2D eigenvalue weighted by Crippen LogP contribution is -2.17. The van der Waals surface area contributed by atoms with Crippen LogP contribution < -0.4 is 10.1 Å². The Balaban J connectivity index is 1.58. The minimum absolute atomic E-state index is 0.255. The van der Waals surface area contributed by atoms with Gasteiger partial charge in [-0.05, 0) is 43.3 Å². The number of carbonyl (C=O) groups excluding carboxylic acids is 1. The minimum Gasteiger partial charge on any atom is -0.497 e. The first-order valence-corrected chi connectivity index (χ1v) is 10.7. The van der Waals surface area contributed by atoms with E-state index in [1.54, 1.807) is 60.3 Å². The third-order valence-electron chi connectivity index (χ3n) is 5.52. The quantitative estimate of drug-likeness (QED) is 0.392. The molecule has 1 N–H and O–H groups in total. The number of methoxy groups -OCH3 is 1. The molecule has 5 aromatic rings. The molecule has 1 amide bonds. The van der Waals surface area contributed by atoms with Crippen LogP contribution in [0.15, 0.2) is 78.9 Å². The maximum atomic E-state index is 14.5. The number of ether oxygens (including phenoxy) is 1. The second-order valence-corrected chi connectivity index (χ2v) is 7.85. The van der Waals surface area contributed by atoms with E-state index in [0.29, 0.717) is 34.3 Å². The van der Waals surface area contributed by atoms with Crippen molar-refractivity contribution in [2.75, 3.05) is 12.4 Å². The van der Waals surface area contributed by atoms with Crippen LogP contribution >= 0.6 is 0 Å². The van der Waals surface area contributed by atoms with Gasteiger partial charge < -0.3 is 14.6 Å². The zero-order valence-corrected chi connectivity index (χ0v) is 18.7. The number of nitrogens with zero attached hydrogens (tertiary/aromatic N) is 4. The maximum Gasteiger partial charge on any atom is 0.256 e. The van der Waals surface area contributed by atoms with Gasteiger partial charge in [-0.3, -0.25) is 4.79 Å². The SMILES string of the molecule is COc1cccc(C(=O)Nc2cc(C)nn2-c2nc3ccccc3n2Cc2ccccc2F)c1. The number of nitrogens with one attached hydrogen (secondary N) is 1. The van der Waals surface area contributed by atoms with Gasteiger partial charge in [-0.15, -0.1) is 0 Å². The highest BCUT2D eigenvalue weighted by Crippen LogP contribution is 2.25. The summed E-state index contributed by atoms with van der Waals surface area (Å²) in [5.41, 5.74) is 3.25. The molecule has 0 aliphatic carbocycles. The summed E-state index contributed by atoms with van der Waals surface area (Å²) in [6.45, 7) is 2.09. The molecule has 8 heteroatoms. The Kier molecular flexibility index (Phi) is 5.55. The van der Waals surface area contributed by atoms with E-state index in [2.05, 4.69) is 10.4 Å². The van der Waals surface area contributed by atoms with Gasteiger partial charge in [0, 0.05) is 17.2 Å². The summed E-state index contributed by atoms with van der Waals surface area (Å²) in [5.74, 6) is 0.907. The molecule has 0 spiro atoms. The number of amides is 1. The van der Waals surface area contributed by atoms with Crippen molar-refractivity contribution in [2.45, 2.75) is 13.5 Å². The predicted octanol–water partition coefficient (Wildman–Crippen LogP) is 4.98. The van der Waals surface area contributed by atoms with Crippen molar-refractivity contribution in [1.29, 1.82) is 0 Å². The summed E-state index contributed by atoms with van der Waals surface area (Å²) in [6.07, 6.45) is 0. The molecule has 0 unspecified atom stereocenters. The highest BCUT2D eigenvalue weighted by Gasteiger charge is 2.19. The fourth-order valence-electron chi connectivity index (χ4n) is 3.87. The average molecular weight is 455 g/mol. The predicted molar refractivity (Wildman–Crippen MR) is 128 cm³/mol. The molecule has 0 radical (unpaired) electrons. The molecule has 0 bridgehead atoms. The largest absolute Gasteiger partial charge is 0.497 e. The van der Waals surface area contributed by atoms with E-state index < -0.39 is 0 Å². The summed E-state index contributed by atoms with van der Waals surface area (Å²) in [6, 6.07) is 22.9. The number of halogens is 1. The zero-order valence-electron chi connectivity index (χ0n) is 18.7. The van der Waals surface area contributed by atoms with Gasteiger partial charge in [0.2, 0.25) is 5.95 Å². The van der Waals surface area contributed by atoms with Crippen LogP contribution in [0.3, 0.4) is 0 Å². The highest BCUT2D eigenvalue weighted by molar-refractivity contribution is 6.04. The van der Waals surface area contributed by atoms with E-state index >= 15 is 0 Å². The molecule has 2 aromatic heterocycles. The van der Waals surface area contributed by atoms with Crippen molar-refractivity contribution in [3.63, 3.8) is 0 Å². The number of hydrogen-bond donors (Lipinski definition) is 1. The van der Waals surface area contributed by atoms with Crippen molar-refractivity contribution >= 4 is 22.8 Å². The number of benzene rings is 3. The number of para-hydroxylation sites is 2. The third kappa shape index (κ3) is 4.01. The number of aryl methyl sites for hydroxylation is 1. The number of anilines is 1. The number of carbonyl (C=O) groups is 1. The van der Waals surface area contributed by atoms with E-state index in [4.69, 9.17) is 9.72 Å². The van der Waals surface area contributed by atoms with Gasteiger partial charge in [-0.1, -0.05) is 36.4 Å². The van der Waals surface area contributed by atoms with Crippen LogP contribution in [-0.2, 0) is 6.54 Å². The number of aromatic nitrogens is 4. The lowest BCUT2D eigenvalue weighted by Gasteiger charge is -2.13. The van der Waals surface area contributed by atoms with Crippen LogP contribution in [-0.4, -0.2) is 32.3 Å². The highest BCUT2D eigenvalue weighted by atomic mass is 19.1. The second kappa shape index (κ2) is 8.82. The van der Waals surface area contributed by atoms with Gasteiger partial charge in [0.25, 0.3) is 5.91 Å². The Morgan fingerprint density at radius 2 is 1.82 bits per heavy atom. The molecule has 7 nitrogen and oxygen atoms in total. The first-order chi connectivity index (χ1) is 16.5. The van der Waals surface area contributed by atoms with Crippen molar-refractivity contribution in [1.82, 2.24) is 19.3 Å². The van der Waals surface area contributed by atoms with Gasteiger partial charge in [-0.25, -0.2) is 9.37 Å². The average Bonchev–Trinajstić information content (AvgIpc) is 3.40. The van der Waals surface area contributed by atoms with Crippen molar-refractivity contribution < 1.29 is 13.9 Å². The molecule has 2 heterocycles. The molecule has 3 aromatic carbocycles. The molecule has 170 valence electrons. The van der Waals surface area contributed by atoms with Gasteiger partial charge in [0.15, 0.2) is 0 Å². The number of hydrogen-bond acceptors (Lipinski definition) is 4. The normalized spacial score (nSPS) is 11.0. The first kappa shape index (κ1) is 21.4. The standard InChI is InChI=1S/C26H22FN5O2/c1-17-14-24(29-25(33)18-9-7-10-20(15-18)34-2)32(30-17)26-28-22-12-5-6-13-23(22)31(26)16-19-8-3-4-11-21(19)27/h3-15H,16H2,1-2H3,(H,29,33). The van der Waals surface area contributed by atoms with Crippen LogP contribution in [0, 0.1) is 12.7 Å². The van der Waals surface area contributed by atoms with Crippen LogP contribution in [0.2, 0.25) is 0 Å². The van der Waals surface area contributed by atoms with E-state index in [0.717, 1.165) is 11.0 Å². The summed E-state index contributed by atoms with van der Waals surface area (Å²) in [4.78, 5) is 17.7. The van der Waals surface area contributed by atoms with Crippen molar-refractivity contribution in [3.8, 4) is 11.7 Å². The molecule has 0 atom stereocenters. The molecular weight excluding hydrogens is 433 g/mol. The molecule has 0 saturated heterocycles. The molecule has 5 rings (SSSR count). The van der Waals surface area contributed by atoms with Gasteiger partial charge in [0.05, 0.1) is 30.4 Å². The van der Waals surface area contributed by atoms with Crippen molar-refractivity contribution in [2.24, 2.45) is 0 Å². The minimum atomic E-state index is -0.309. The lowest BCUT2D eigenvalue weighted by molar-refractivity contribution is 0.102. The fourth-order valence-corrected chi connectivity index (χ4v) is 3.87. The van der Waals surface area contributed by atoms with Gasteiger partial charge >= 0.3 is 0 Å². The Hall–Kier alpha value is -4.46.